The number of aliphatic hydroxyl groups is 1. The molecule has 1 aliphatic rings. The van der Waals surface area contributed by atoms with E-state index in [0.29, 0.717) is 11.3 Å². The lowest BCUT2D eigenvalue weighted by atomic mass is 9.94. The average molecular weight is 493 g/mol. The number of ether oxygens (including phenoxy) is 1. The molecule has 1 fully saturated rings. The van der Waals surface area contributed by atoms with Crippen LogP contribution in [-0.4, -0.2) is 33.8 Å². The summed E-state index contributed by atoms with van der Waals surface area (Å²) in [5.41, 5.74) is 2.79. The van der Waals surface area contributed by atoms with E-state index in [2.05, 4.69) is 20.9 Å². The lowest BCUT2D eigenvalue weighted by Gasteiger charge is -2.25. The first-order valence-electron chi connectivity index (χ1n) is 9.98. The van der Waals surface area contributed by atoms with Crippen LogP contribution in [0.5, 0.6) is 5.75 Å². The highest BCUT2D eigenvalue weighted by atomic mass is 79.9. The lowest BCUT2D eigenvalue weighted by Crippen LogP contribution is -2.29. The number of hydrogen-bond donors (Lipinski definition) is 1. The van der Waals surface area contributed by atoms with E-state index in [0.717, 1.165) is 21.2 Å². The molecule has 3 aromatic rings. The molecule has 32 heavy (non-hydrogen) atoms. The molecule has 0 radical (unpaired) electrons. The number of Topliss-reactive ketones (excluding diaryl/α,β-unsaturated/α-hetero) is 1. The minimum atomic E-state index is -0.732. The molecular formula is C25H21BrN2O4. The maximum Gasteiger partial charge on any atom is 0.295 e. The van der Waals surface area contributed by atoms with Gasteiger partial charge in [0.2, 0.25) is 0 Å². The van der Waals surface area contributed by atoms with E-state index in [1.54, 1.807) is 43.8 Å². The highest BCUT2D eigenvalue weighted by Crippen LogP contribution is 2.41. The molecule has 2 aromatic carbocycles. The monoisotopic (exact) mass is 492 g/mol. The van der Waals surface area contributed by atoms with Crippen molar-refractivity contribution >= 4 is 33.4 Å². The van der Waals surface area contributed by atoms with Crippen LogP contribution < -0.4 is 4.74 Å². The Morgan fingerprint density at radius 3 is 2.53 bits per heavy atom. The summed E-state index contributed by atoms with van der Waals surface area (Å²) in [4.78, 5) is 31.8. The van der Waals surface area contributed by atoms with Crippen molar-refractivity contribution in [2.75, 3.05) is 7.11 Å². The van der Waals surface area contributed by atoms with Crippen molar-refractivity contribution in [1.29, 1.82) is 0 Å². The van der Waals surface area contributed by atoms with Gasteiger partial charge in [-0.25, -0.2) is 0 Å². The van der Waals surface area contributed by atoms with Crippen molar-refractivity contribution in [3.8, 4) is 5.75 Å². The predicted octanol–water partition coefficient (Wildman–Crippen LogP) is 4.78. The topological polar surface area (TPSA) is 79.7 Å². The number of benzene rings is 2. The van der Waals surface area contributed by atoms with E-state index in [9.17, 15) is 14.7 Å². The molecule has 162 valence electrons. The van der Waals surface area contributed by atoms with Crippen molar-refractivity contribution in [2.45, 2.75) is 19.5 Å². The first kappa shape index (κ1) is 21.8. The Morgan fingerprint density at radius 2 is 1.91 bits per heavy atom. The van der Waals surface area contributed by atoms with E-state index < -0.39 is 17.7 Å². The van der Waals surface area contributed by atoms with Crippen molar-refractivity contribution in [3.05, 3.63) is 99.3 Å². The third-order valence-electron chi connectivity index (χ3n) is 5.49. The number of methoxy groups -OCH3 is 1. The average Bonchev–Trinajstić information content (AvgIpc) is 3.04. The number of carbonyl (C=O) groups is 2. The van der Waals surface area contributed by atoms with E-state index in [4.69, 9.17) is 4.74 Å². The molecule has 2 heterocycles. The highest BCUT2D eigenvalue weighted by molar-refractivity contribution is 9.10. The number of nitrogens with zero attached hydrogens (tertiary/aromatic N) is 2. The van der Waals surface area contributed by atoms with E-state index in [1.807, 2.05) is 37.3 Å². The van der Waals surface area contributed by atoms with Crippen LogP contribution in [-0.2, 0) is 16.1 Å². The fraction of sp³-hybridized carbons (Fsp3) is 0.160. The largest absolute Gasteiger partial charge is 0.507 e. The second-order valence-electron chi connectivity index (χ2n) is 7.52. The van der Waals surface area contributed by atoms with Gasteiger partial charge in [0.05, 0.1) is 18.7 Å². The molecule has 1 aromatic heterocycles. The van der Waals surface area contributed by atoms with Gasteiger partial charge in [0.25, 0.3) is 11.7 Å². The molecule has 1 atom stereocenters. The number of pyridine rings is 1. The minimum Gasteiger partial charge on any atom is -0.507 e. The van der Waals surface area contributed by atoms with Gasteiger partial charge in [-0.2, -0.15) is 0 Å². The van der Waals surface area contributed by atoms with Gasteiger partial charge in [-0.1, -0.05) is 34.1 Å². The van der Waals surface area contributed by atoms with Crippen molar-refractivity contribution in [1.82, 2.24) is 9.88 Å². The fourth-order valence-corrected chi connectivity index (χ4v) is 4.16. The van der Waals surface area contributed by atoms with E-state index >= 15 is 0 Å². The zero-order chi connectivity index (χ0) is 22.8. The molecule has 4 rings (SSSR count). The first-order valence-corrected chi connectivity index (χ1v) is 10.8. The first-order chi connectivity index (χ1) is 15.4. The second-order valence-corrected chi connectivity index (χ2v) is 8.44. The summed E-state index contributed by atoms with van der Waals surface area (Å²) >= 11 is 3.42. The summed E-state index contributed by atoms with van der Waals surface area (Å²) < 4.78 is 6.11. The van der Waals surface area contributed by atoms with Gasteiger partial charge in [-0.15, -0.1) is 0 Å². The Hall–Kier alpha value is -3.45. The van der Waals surface area contributed by atoms with Crippen LogP contribution in [0.2, 0.25) is 0 Å². The van der Waals surface area contributed by atoms with Crippen molar-refractivity contribution in [3.63, 3.8) is 0 Å². The number of carbonyl (C=O) groups excluding carboxylic acids is 2. The van der Waals surface area contributed by atoms with Crippen LogP contribution in [0.15, 0.2) is 77.0 Å². The Morgan fingerprint density at radius 1 is 1.16 bits per heavy atom. The molecule has 1 amide bonds. The summed E-state index contributed by atoms with van der Waals surface area (Å²) in [6, 6.07) is 15.4. The molecule has 7 heteroatoms. The quantitative estimate of drug-likeness (QED) is 0.314. The van der Waals surface area contributed by atoms with Crippen LogP contribution in [0.3, 0.4) is 0 Å². The highest BCUT2D eigenvalue weighted by Gasteiger charge is 2.46. The smallest absolute Gasteiger partial charge is 0.295 e. The molecule has 0 aliphatic carbocycles. The molecular weight excluding hydrogens is 472 g/mol. The molecule has 0 unspecified atom stereocenters. The normalized spacial score (nSPS) is 17.6. The summed E-state index contributed by atoms with van der Waals surface area (Å²) in [7, 11) is 1.56. The third-order valence-corrected chi connectivity index (χ3v) is 6.02. The standard InChI is InChI=1S/C25H21BrN2O4/c1-15-12-19(32-2)9-10-20(15)23(29)21-22(17-5-7-18(26)8-6-17)28(25(31)24(21)30)14-16-4-3-11-27-13-16/h3-13,22,29H,14H2,1-2H3/t22-/m1/s1. The molecule has 1 saturated heterocycles. The van der Waals surface area contributed by atoms with E-state index in [-0.39, 0.29) is 17.9 Å². The molecule has 0 saturated carbocycles. The molecule has 1 N–H and O–H groups in total. The Bertz CT molecular complexity index is 1210. The van der Waals surface area contributed by atoms with Gasteiger partial charge in [-0.05, 0) is 60.0 Å². The second kappa shape index (κ2) is 8.96. The van der Waals surface area contributed by atoms with Crippen molar-refractivity contribution < 1.29 is 19.4 Å². The SMILES string of the molecule is COc1ccc(C(O)=C2C(=O)C(=O)N(Cc3cccnc3)[C@@H]2c2ccc(Br)cc2)c(C)c1. The number of hydrogen-bond acceptors (Lipinski definition) is 5. The number of likely N-dealkylation sites (tertiary alicyclic amines) is 1. The van der Waals surface area contributed by atoms with Crippen LogP contribution in [0, 0.1) is 6.92 Å². The number of aliphatic hydroxyl groups excluding tert-OH is 1. The van der Waals surface area contributed by atoms with Crippen molar-refractivity contribution in [2.24, 2.45) is 0 Å². The maximum absolute atomic E-state index is 13.1. The Kier molecular flexibility index (Phi) is 6.10. The summed E-state index contributed by atoms with van der Waals surface area (Å²) in [6.07, 6.45) is 3.31. The number of amides is 1. The minimum absolute atomic E-state index is 0.0643. The number of rotatable bonds is 5. The van der Waals surface area contributed by atoms with Gasteiger partial charge in [0.1, 0.15) is 11.5 Å². The zero-order valence-electron chi connectivity index (χ0n) is 17.6. The van der Waals surface area contributed by atoms with E-state index in [1.165, 1.54) is 4.90 Å². The number of halogens is 1. The molecule has 1 aliphatic heterocycles. The predicted molar refractivity (Wildman–Crippen MR) is 124 cm³/mol. The van der Waals surface area contributed by atoms with Gasteiger partial charge in [0.15, 0.2) is 0 Å². The van der Waals surface area contributed by atoms with Crippen LogP contribution >= 0.6 is 15.9 Å². The molecule has 0 spiro atoms. The van der Waals surface area contributed by atoms with Gasteiger partial charge in [-0.3, -0.25) is 14.6 Å². The molecule has 6 nitrogen and oxygen atoms in total. The number of ketones is 1. The summed E-state index contributed by atoms with van der Waals surface area (Å²) in [6.45, 7) is 2.01. The van der Waals surface area contributed by atoms with Crippen LogP contribution in [0.25, 0.3) is 5.76 Å². The molecule has 0 bridgehead atoms. The number of aromatic nitrogens is 1. The van der Waals surface area contributed by atoms with Crippen LogP contribution in [0.4, 0.5) is 0 Å². The Balaban J connectivity index is 1.87. The lowest BCUT2D eigenvalue weighted by molar-refractivity contribution is -0.140. The van der Waals surface area contributed by atoms with Gasteiger partial charge < -0.3 is 14.7 Å². The third kappa shape index (κ3) is 4.03. The fourth-order valence-electron chi connectivity index (χ4n) is 3.90. The summed E-state index contributed by atoms with van der Waals surface area (Å²) in [5.74, 6) is -0.935. The van der Waals surface area contributed by atoms with Gasteiger partial charge in [0, 0.05) is 29.0 Å². The summed E-state index contributed by atoms with van der Waals surface area (Å²) in [5, 5.41) is 11.2. The van der Waals surface area contributed by atoms with Gasteiger partial charge >= 0.3 is 0 Å². The number of aryl methyl sites for hydroxylation is 1. The maximum atomic E-state index is 13.1. The Labute approximate surface area is 194 Å². The zero-order valence-corrected chi connectivity index (χ0v) is 19.2. The van der Waals surface area contributed by atoms with Crippen LogP contribution in [0.1, 0.15) is 28.3 Å².